The molecular weight excluding hydrogens is 314 g/mol. The van der Waals surface area contributed by atoms with Gasteiger partial charge in [-0.25, -0.2) is 14.3 Å². The number of H-pyrrole nitrogens is 1. The third kappa shape index (κ3) is 3.61. The van der Waals surface area contributed by atoms with Crippen molar-refractivity contribution in [2.75, 3.05) is 6.61 Å². The summed E-state index contributed by atoms with van der Waals surface area (Å²) in [5.74, 6) is -0.566. The third-order valence-electron chi connectivity index (χ3n) is 3.50. The lowest BCUT2D eigenvalue weighted by atomic mass is 10.1. The van der Waals surface area contributed by atoms with Crippen molar-refractivity contribution in [2.45, 2.75) is 47.3 Å². The minimum atomic E-state index is -0.572. The summed E-state index contributed by atoms with van der Waals surface area (Å²) in [6, 6.07) is 0. The van der Waals surface area contributed by atoms with E-state index in [0.29, 0.717) is 29.2 Å². The number of rotatable bonds is 7. The molecule has 2 aromatic heterocycles. The van der Waals surface area contributed by atoms with Crippen molar-refractivity contribution in [3.8, 4) is 0 Å². The minimum absolute atomic E-state index is 0.0436. The Morgan fingerprint density at radius 1 is 1.17 bits per heavy atom. The molecule has 0 fully saturated rings. The molecule has 0 saturated heterocycles. The number of aromatic nitrogens is 5. The lowest BCUT2D eigenvalue weighted by Crippen LogP contribution is -2.12. The maximum Gasteiger partial charge on any atom is 0.355 e. The topological polar surface area (TPSA) is 112 Å². The standard InChI is InChI=1S/C15H21N5O4/c1-5-7-20-11(17-18-19-20)8-24-15(22)13-9(3)12(10(4)16-13)14(21)23-6-2/h16H,5-8H2,1-4H3. The van der Waals surface area contributed by atoms with Crippen LogP contribution in [0.5, 0.6) is 0 Å². The average Bonchev–Trinajstić information content (AvgIpc) is 3.10. The molecule has 0 bridgehead atoms. The molecule has 130 valence electrons. The lowest BCUT2D eigenvalue weighted by molar-refractivity contribution is 0.0449. The van der Waals surface area contributed by atoms with Crippen LogP contribution >= 0.6 is 0 Å². The zero-order valence-corrected chi connectivity index (χ0v) is 14.3. The Hall–Kier alpha value is -2.71. The van der Waals surface area contributed by atoms with Crippen LogP contribution in [0.15, 0.2) is 0 Å². The fourth-order valence-electron chi connectivity index (χ4n) is 2.38. The molecule has 9 heteroatoms. The highest BCUT2D eigenvalue weighted by Crippen LogP contribution is 2.20. The van der Waals surface area contributed by atoms with Gasteiger partial charge in [0.05, 0.1) is 12.2 Å². The highest BCUT2D eigenvalue weighted by atomic mass is 16.5. The molecule has 0 spiro atoms. The first-order valence-corrected chi connectivity index (χ1v) is 7.78. The van der Waals surface area contributed by atoms with E-state index in [0.717, 1.165) is 6.42 Å². The van der Waals surface area contributed by atoms with Crippen LogP contribution in [0, 0.1) is 13.8 Å². The maximum atomic E-state index is 12.3. The summed E-state index contributed by atoms with van der Waals surface area (Å²) in [6.45, 7) is 7.98. The number of nitrogens with zero attached hydrogens (tertiary/aromatic N) is 4. The first-order chi connectivity index (χ1) is 11.5. The van der Waals surface area contributed by atoms with E-state index in [1.165, 1.54) is 0 Å². The molecule has 0 aliphatic carbocycles. The Labute approximate surface area is 139 Å². The molecule has 2 heterocycles. The van der Waals surface area contributed by atoms with Crippen LogP contribution < -0.4 is 0 Å². The second kappa shape index (κ2) is 7.71. The van der Waals surface area contributed by atoms with Crippen LogP contribution in [0.25, 0.3) is 0 Å². The minimum Gasteiger partial charge on any atom is -0.462 e. The largest absolute Gasteiger partial charge is 0.462 e. The number of nitrogens with one attached hydrogen (secondary N) is 1. The molecule has 0 aliphatic rings. The highest BCUT2D eigenvalue weighted by molar-refractivity contribution is 5.98. The molecule has 2 aromatic rings. The normalized spacial score (nSPS) is 10.7. The first kappa shape index (κ1) is 17.6. The zero-order valence-electron chi connectivity index (χ0n) is 14.3. The number of carbonyl (C=O) groups excluding carboxylic acids is 2. The summed E-state index contributed by atoms with van der Waals surface area (Å²) in [5.41, 5.74) is 1.66. The van der Waals surface area contributed by atoms with E-state index in [9.17, 15) is 9.59 Å². The number of aryl methyl sites for hydroxylation is 2. The van der Waals surface area contributed by atoms with Gasteiger partial charge in [0.2, 0.25) is 0 Å². The number of esters is 2. The number of aromatic amines is 1. The Balaban J connectivity index is 2.11. The van der Waals surface area contributed by atoms with Gasteiger partial charge < -0.3 is 14.5 Å². The Morgan fingerprint density at radius 2 is 1.92 bits per heavy atom. The van der Waals surface area contributed by atoms with E-state index in [4.69, 9.17) is 9.47 Å². The van der Waals surface area contributed by atoms with Crippen LogP contribution in [-0.4, -0.2) is 43.7 Å². The number of hydrogen-bond acceptors (Lipinski definition) is 7. The predicted molar refractivity (Wildman–Crippen MR) is 83.5 cm³/mol. The van der Waals surface area contributed by atoms with Crippen LogP contribution in [0.1, 0.15) is 58.2 Å². The van der Waals surface area contributed by atoms with Gasteiger partial charge in [-0.15, -0.1) is 5.10 Å². The summed E-state index contributed by atoms with van der Waals surface area (Å²) in [4.78, 5) is 27.1. The van der Waals surface area contributed by atoms with E-state index in [1.807, 2.05) is 6.92 Å². The molecule has 0 aromatic carbocycles. The van der Waals surface area contributed by atoms with Gasteiger partial charge in [-0.3, -0.25) is 0 Å². The molecule has 0 atom stereocenters. The predicted octanol–water partition coefficient (Wildman–Crippen LogP) is 1.56. The summed E-state index contributed by atoms with van der Waals surface area (Å²) < 4.78 is 11.9. The van der Waals surface area contributed by atoms with Gasteiger partial charge in [-0.05, 0) is 43.2 Å². The van der Waals surface area contributed by atoms with Crippen molar-refractivity contribution in [1.82, 2.24) is 25.2 Å². The summed E-state index contributed by atoms with van der Waals surface area (Å²) in [7, 11) is 0. The van der Waals surface area contributed by atoms with E-state index in [1.54, 1.807) is 25.5 Å². The monoisotopic (exact) mass is 335 g/mol. The van der Waals surface area contributed by atoms with Gasteiger partial charge in [0.25, 0.3) is 0 Å². The van der Waals surface area contributed by atoms with Crippen molar-refractivity contribution >= 4 is 11.9 Å². The van der Waals surface area contributed by atoms with Gasteiger partial charge in [0.1, 0.15) is 5.69 Å². The smallest absolute Gasteiger partial charge is 0.355 e. The third-order valence-corrected chi connectivity index (χ3v) is 3.50. The van der Waals surface area contributed by atoms with Gasteiger partial charge in [0.15, 0.2) is 12.4 Å². The molecule has 0 aliphatic heterocycles. The van der Waals surface area contributed by atoms with E-state index >= 15 is 0 Å². The summed E-state index contributed by atoms with van der Waals surface area (Å²) >= 11 is 0. The zero-order chi connectivity index (χ0) is 17.7. The van der Waals surface area contributed by atoms with Crippen molar-refractivity contribution < 1.29 is 19.1 Å². The quantitative estimate of drug-likeness (QED) is 0.764. The lowest BCUT2D eigenvalue weighted by Gasteiger charge is -2.05. The van der Waals surface area contributed by atoms with Crippen LogP contribution in [0.2, 0.25) is 0 Å². The average molecular weight is 335 g/mol. The first-order valence-electron chi connectivity index (χ1n) is 7.78. The SMILES string of the molecule is CCCn1nnnc1COC(=O)c1[nH]c(C)c(C(=O)OCC)c1C. The van der Waals surface area contributed by atoms with Gasteiger partial charge in [0, 0.05) is 12.2 Å². The maximum absolute atomic E-state index is 12.3. The molecule has 24 heavy (non-hydrogen) atoms. The number of hydrogen-bond donors (Lipinski definition) is 1. The van der Waals surface area contributed by atoms with Gasteiger partial charge in [-0.1, -0.05) is 6.92 Å². The van der Waals surface area contributed by atoms with Gasteiger partial charge in [-0.2, -0.15) is 0 Å². The van der Waals surface area contributed by atoms with Crippen LogP contribution in [0.4, 0.5) is 0 Å². The Bertz CT molecular complexity index is 734. The molecule has 0 radical (unpaired) electrons. The fourth-order valence-corrected chi connectivity index (χ4v) is 2.38. The summed E-state index contributed by atoms with van der Waals surface area (Å²) in [6.07, 6.45) is 0.865. The van der Waals surface area contributed by atoms with E-state index < -0.39 is 11.9 Å². The van der Waals surface area contributed by atoms with E-state index in [-0.39, 0.29) is 18.9 Å². The highest BCUT2D eigenvalue weighted by Gasteiger charge is 2.24. The fraction of sp³-hybridized carbons (Fsp3) is 0.533. The Morgan fingerprint density at radius 3 is 2.58 bits per heavy atom. The second-order valence-electron chi connectivity index (χ2n) is 5.24. The molecule has 0 amide bonds. The van der Waals surface area contributed by atoms with Crippen molar-refractivity contribution in [3.63, 3.8) is 0 Å². The molecule has 1 N–H and O–H groups in total. The van der Waals surface area contributed by atoms with Crippen molar-refractivity contribution in [2.24, 2.45) is 0 Å². The molecule has 2 rings (SSSR count). The van der Waals surface area contributed by atoms with Crippen LogP contribution in [-0.2, 0) is 22.6 Å². The molecule has 0 saturated carbocycles. The molecular formula is C15H21N5O4. The molecule has 0 unspecified atom stereocenters. The van der Waals surface area contributed by atoms with Crippen molar-refractivity contribution in [3.05, 3.63) is 28.3 Å². The van der Waals surface area contributed by atoms with E-state index in [2.05, 4.69) is 20.5 Å². The van der Waals surface area contributed by atoms with Crippen LogP contribution in [0.3, 0.4) is 0 Å². The summed E-state index contributed by atoms with van der Waals surface area (Å²) in [5, 5.41) is 11.2. The number of ether oxygens (including phenoxy) is 2. The Kier molecular flexibility index (Phi) is 5.67. The number of tetrazole rings is 1. The van der Waals surface area contributed by atoms with Gasteiger partial charge >= 0.3 is 11.9 Å². The molecule has 9 nitrogen and oxygen atoms in total. The van der Waals surface area contributed by atoms with Crippen molar-refractivity contribution in [1.29, 1.82) is 0 Å². The number of carbonyl (C=O) groups is 2. The second-order valence-corrected chi connectivity index (χ2v) is 5.24.